The first-order valence-corrected chi connectivity index (χ1v) is 7.72. The van der Waals surface area contributed by atoms with Gasteiger partial charge in [0.15, 0.2) is 10.9 Å². The van der Waals surface area contributed by atoms with Gasteiger partial charge in [0.05, 0.1) is 6.54 Å². The van der Waals surface area contributed by atoms with Crippen molar-refractivity contribution in [1.82, 2.24) is 5.32 Å². The molecule has 2 aromatic carbocycles. The molecule has 0 unspecified atom stereocenters. The molecular formula is C16H14Cl2N2OS. The van der Waals surface area contributed by atoms with E-state index in [-0.39, 0.29) is 12.3 Å². The van der Waals surface area contributed by atoms with Gasteiger partial charge in [0, 0.05) is 21.3 Å². The monoisotopic (exact) mass is 352 g/mol. The minimum Gasteiger partial charge on any atom is -0.355 e. The number of nitrogens with one attached hydrogen (secondary N) is 2. The number of anilines is 1. The average Bonchev–Trinajstić information content (AvgIpc) is 2.47. The van der Waals surface area contributed by atoms with Crippen LogP contribution in [0.15, 0.2) is 42.5 Å². The molecule has 0 saturated heterocycles. The number of rotatable bonds is 4. The molecular weight excluding hydrogens is 339 g/mol. The maximum Gasteiger partial charge on any atom is 0.181 e. The van der Waals surface area contributed by atoms with Crippen LogP contribution in [0.5, 0.6) is 0 Å². The second kappa shape index (κ2) is 7.58. The lowest BCUT2D eigenvalue weighted by atomic mass is 10.1. The van der Waals surface area contributed by atoms with Gasteiger partial charge in [-0.15, -0.1) is 0 Å². The number of carbonyl (C=O) groups excluding carboxylic acids is 1. The molecule has 0 saturated carbocycles. The van der Waals surface area contributed by atoms with Crippen LogP contribution in [-0.2, 0) is 0 Å². The molecule has 0 fully saturated rings. The first-order valence-electron chi connectivity index (χ1n) is 6.55. The number of Topliss-reactive ketones (excluding diaryl/α,β-unsaturated/α-hetero) is 1. The number of thiocarbonyl (C=S) groups is 1. The van der Waals surface area contributed by atoms with Crippen molar-refractivity contribution in [3.8, 4) is 0 Å². The molecule has 0 aliphatic rings. The standard InChI is InChI=1S/C16H14Cl2N2OS/c1-10-7-13(18)5-6-14(10)20-16(22)19-9-15(21)11-3-2-4-12(17)8-11/h2-8H,9H2,1H3,(H2,19,20,22). The zero-order chi connectivity index (χ0) is 16.1. The highest BCUT2D eigenvalue weighted by atomic mass is 35.5. The van der Waals surface area contributed by atoms with E-state index >= 15 is 0 Å². The van der Waals surface area contributed by atoms with Crippen molar-refractivity contribution in [2.45, 2.75) is 6.92 Å². The van der Waals surface area contributed by atoms with Crippen LogP contribution in [-0.4, -0.2) is 17.4 Å². The summed E-state index contributed by atoms with van der Waals surface area (Å²) in [5.74, 6) is -0.0838. The largest absolute Gasteiger partial charge is 0.355 e. The zero-order valence-corrected chi connectivity index (χ0v) is 14.1. The van der Waals surface area contributed by atoms with Gasteiger partial charge in [-0.1, -0.05) is 35.3 Å². The number of ketones is 1. The second-order valence-corrected chi connectivity index (χ2v) is 5.98. The summed E-state index contributed by atoms with van der Waals surface area (Å²) in [7, 11) is 0. The van der Waals surface area contributed by atoms with E-state index in [1.54, 1.807) is 30.3 Å². The zero-order valence-electron chi connectivity index (χ0n) is 11.8. The molecule has 0 aliphatic heterocycles. The van der Waals surface area contributed by atoms with Gasteiger partial charge in [-0.25, -0.2) is 0 Å². The maximum atomic E-state index is 12.0. The summed E-state index contributed by atoms with van der Waals surface area (Å²) in [6, 6.07) is 12.3. The number of hydrogen-bond acceptors (Lipinski definition) is 2. The third-order valence-corrected chi connectivity index (χ3v) is 3.71. The van der Waals surface area contributed by atoms with Gasteiger partial charge in [-0.2, -0.15) is 0 Å². The predicted molar refractivity (Wildman–Crippen MR) is 96.2 cm³/mol. The van der Waals surface area contributed by atoms with Crippen molar-refractivity contribution in [1.29, 1.82) is 0 Å². The third-order valence-electron chi connectivity index (χ3n) is 2.99. The van der Waals surface area contributed by atoms with Crippen LogP contribution >= 0.6 is 35.4 Å². The number of carbonyl (C=O) groups is 1. The molecule has 0 radical (unpaired) electrons. The third kappa shape index (κ3) is 4.70. The molecule has 0 heterocycles. The van der Waals surface area contributed by atoms with E-state index in [2.05, 4.69) is 10.6 Å². The minimum absolute atomic E-state index is 0.0838. The molecule has 22 heavy (non-hydrogen) atoms. The normalized spacial score (nSPS) is 10.1. The smallest absolute Gasteiger partial charge is 0.181 e. The molecule has 0 aromatic heterocycles. The van der Waals surface area contributed by atoms with E-state index in [1.165, 1.54) is 0 Å². The quantitative estimate of drug-likeness (QED) is 0.629. The van der Waals surface area contributed by atoms with Gasteiger partial charge in [0.25, 0.3) is 0 Å². The summed E-state index contributed by atoms with van der Waals surface area (Å²) in [6.07, 6.45) is 0. The second-order valence-electron chi connectivity index (χ2n) is 4.70. The van der Waals surface area contributed by atoms with Gasteiger partial charge in [0.2, 0.25) is 0 Å². The fourth-order valence-electron chi connectivity index (χ4n) is 1.86. The molecule has 114 valence electrons. The van der Waals surface area contributed by atoms with Crippen molar-refractivity contribution < 1.29 is 4.79 Å². The molecule has 0 aliphatic carbocycles. The van der Waals surface area contributed by atoms with Crippen molar-refractivity contribution in [3.63, 3.8) is 0 Å². The van der Waals surface area contributed by atoms with Crippen molar-refractivity contribution in [2.75, 3.05) is 11.9 Å². The fraction of sp³-hybridized carbons (Fsp3) is 0.125. The lowest BCUT2D eigenvalue weighted by molar-refractivity contribution is 0.0996. The molecule has 0 spiro atoms. The van der Waals surface area contributed by atoms with E-state index in [1.807, 2.05) is 19.1 Å². The lowest BCUT2D eigenvalue weighted by Gasteiger charge is -2.12. The van der Waals surface area contributed by atoms with Crippen LogP contribution in [0.1, 0.15) is 15.9 Å². The molecule has 2 rings (SSSR count). The molecule has 0 bridgehead atoms. The Kier molecular flexibility index (Phi) is 5.77. The van der Waals surface area contributed by atoms with E-state index < -0.39 is 0 Å². The average molecular weight is 353 g/mol. The number of aryl methyl sites for hydroxylation is 1. The topological polar surface area (TPSA) is 41.1 Å². The van der Waals surface area contributed by atoms with Crippen LogP contribution in [0.2, 0.25) is 10.0 Å². The molecule has 2 aromatic rings. The number of halogens is 2. The number of hydrogen-bond donors (Lipinski definition) is 2. The summed E-state index contributed by atoms with van der Waals surface area (Å²) in [5.41, 5.74) is 2.36. The van der Waals surface area contributed by atoms with Gasteiger partial charge in [-0.3, -0.25) is 4.79 Å². The summed E-state index contributed by atoms with van der Waals surface area (Å²) >= 11 is 17.0. The Hall–Kier alpha value is -1.62. The SMILES string of the molecule is Cc1cc(Cl)ccc1NC(=S)NCC(=O)c1cccc(Cl)c1. The van der Waals surface area contributed by atoms with Crippen molar-refractivity contribution in [2.24, 2.45) is 0 Å². The molecule has 2 N–H and O–H groups in total. The first kappa shape index (κ1) is 16.7. The van der Waals surface area contributed by atoms with Crippen molar-refractivity contribution in [3.05, 3.63) is 63.6 Å². The van der Waals surface area contributed by atoms with Crippen LogP contribution in [0, 0.1) is 6.92 Å². The van der Waals surface area contributed by atoms with Crippen molar-refractivity contribution >= 4 is 52.0 Å². The maximum absolute atomic E-state index is 12.0. The van der Waals surface area contributed by atoms with E-state index in [4.69, 9.17) is 35.4 Å². The van der Waals surface area contributed by atoms with Crippen LogP contribution < -0.4 is 10.6 Å². The Bertz CT molecular complexity index is 719. The molecule has 0 amide bonds. The summed E-state index contributed by atoms with van der Waals surface area (Å²) < 4.78 is 0. The van der Waals surface area contributed by atoms with Gasteiger partial charge in [-0.05, 0) is 55.0 Å². The summed E-state index contributed by atoms with van der Waals surface area (Å²) in [4.78, 5) is 12.0. The van der Waals surface area contributed by atoms with Gasteiger partial charge < -0.3 is 10.6 Å². The Labute approximate surface area is 144 Å². The van der Waals surface area contributed by atoms with Crippen LogP contribution in [0.3, 0.4) is 0 Å². The highest BCUT2D eigenvalue weighted by molar-refractivity contribution is 7.80. The van der Waals surface area contributed by atoms with E-state index in [0.717, 1.165) is 11.3 Å². The van der Waals surface area contributed by atoms with E-state index in [0.29, 0.717) is 20.7 Å². The molecule has 0 atom stereocenters. The minimum atomic E-state index is -0.0838. The fourth-order valence-corrected chi connectivity index (χ4v) is 2.46. The van der Waals surface area contributed by atoms with Gasteiger partial charge >= 0.3 is 0 Å². The Morgan fingerprint density at radius 1 is 1.14 bits per heavy atom. The summed E-state index contributed by atoms with van der Waals surface area (Å²) in [5, 5.41) is 7.50. The van der Waals surface area contributed by atoms with E-state index in [9.17, 15) is 4.79 Å². The Morgan fingerprint density at radius 3 is 2.55 bits per heavy atom. The summed E-state index contributed by atoms with van der Waals surface area (Å²) in [6.45, 7) is 2.02. The predicted octanol–water partition coefficient (Wildman–Crippen LogP) is 4.47. The first-order chi connectivity index (χ1) is 10.5. The Morgan fingerprint density at radius 2 is 1.86 bits per heavy atom. The number of benzene rings is 2. The Balaban J connectivity index is 1.91. The van der Waals surface area contributed by atoms with Crippen LogP contribution in [0.25, 0.3) is 0 Å². The lowest BCUT2D eigenvalue weighted by Crippen LogP contribution is -2.33. The van der Waals surface area contributed by atoms with Gasteiger partial charge in [0.1, 0.15) is 0 Å². The molecule has 3 nitrogen and oxygen atoms in total. The van der Waals surface area contributed by atoms with Crippen LogP contribution in [0.4, 0.5) is 5.69 Å². The molecule has 6 heteroatoms. The highest BCUT2D eigenvalue weighted by Crippen LogP contribution is 2.19. The highest BCUT2D eigenvalue weighted by Gasteiger charge is 2.08.